The zero-order valence-corrected chi connectivity index (χ0v) is 14.7. The van der Waals surface area contributed by atoms with Crippen molar-refractivity contribution in [2.45, 2.75) is 20.0 Å². The first-order valence-corrected chi connectivity index (χ1v) is 7.75. The Kier molecular flexibility index (Phi) is 5.82. The Labute approximate surface area is 149 Å². The number of ether oxygens (including phenoxy) is 2. The molecule has 0 fully saturated rings. The van der Waals surface area contributed by atoms with Crippen LogP contribution in [0.2, 0.25) is 5.02 Å². The van der Waals surface area contributed by atoms with Crippen LogP contribution in [0.4, 0.5) is 11.4 Å². The lowest BCUT2D eigenvalue weighted by molar-refractivity contribution is -0.384. The summed E-state index contributed by atoms with van der Waals surface area (Å²) in [4.78, 5) is 22.9. The number of amides is 1. The molecule has 2 aromatic carbocycles. The molecule has 7 nitrogen and oxygen atoms in total. The minimum atomic E-state index is -0.860. The maximum Gasteiger partial charge on any atom is 0.296 e. The molecule has 1 N–H and O–H groups in total. The van der Waals surface area contributed by atoms with Crippen LogP contribution in [0.5, 0.6) is 11.5 Å². The predicted octanol–water partition coefficient (Wildman–Crippen LogP) is 3.97. The highest BCUT2D eigenvalue weighted by Crippen LogP contribution is 2.29. The Hall–Kier alpha value is -2.80. The van der Waals surface area contributed by atoms with E-state index >= 15 is 0 Å². The lowest BCUT2D eigenvalue weighted by atomic mass is 10.2. The Morgan fingerprint density at radius 3 is 2.60 bits per heavy atom. The summed E-state index contributed by atoms with van der Waals surface area (Å²) in [6, 6.07) is 9.22. The van der Waals surface area contributed by atoms with Crippen LogP contribution in [-0.2, 0) is 4.79 Å². The number of rotatable bonds is 6. The van der Waals surface area contributed by atoms with Gasteiger partial charge in [0.2, 0.25) is 0 Å². The topological polar surface area (TPSA) is 90.7 Å². The quantitative estimate of drug-likeness (QED) is 0.618. The van der Waals surface area contributed by atoms with Crippen LogP contribution in [0.1, 0.15) is 12.5 Å². The fraction of sp³-hybridized carbons (Fsp3) is 0.235. The molecular formula is C17H17ClN2O5. The number of halogens is 1. The van der Waals surface area contributed by atoms with Crippen LogP contribution in [0.15, 0.2) is 36.4 Å². The van der Waals surface area contributed by atoms with Gasteiger partial charge >= 0.3 is 0 Å². The van der Waals surface area contributed by atoms with Gasteiger partial charge in [0, 0.05) is 5.02 Å². The minimum Gasteiger partial charge on any atom is -0.496 e. The number of nitro groups is 1. The molecule has 0 aromatic heterocycles. The molecule has 0 bridgehead atoms. The summed E-state index contributed by atoms with van der Waals surface area (Å²) in [6.07, 6.45) is -0.860. The third-order valence-electron chi connectivity index (χ3n) is 3.47. The molecule has 1 amide bonds. The molecule has 0 aliphatic heterocycles. The van der Waals surface area contributed by atoms with E-state index in [1.807, 2.05) is 0 Å². The Morgan fingerprint density at radius 2 is 2.00 bits per heavy atom. The molecule has 0 heterocycles. The number of benzene rings is 2. The molecule has 0 saturated carbocycles. The SMILES string of the molecule is COc1ccc(NC(=O)C(C)Oc2ccc(Cl)cc2C)c([N+](=O)[O-])c1. The molecule has 8 heteroatoms. The highest BCUT2D eigenvalue weighted by Gasteiger charge is 2.21. The van der Waals surface area contributed by atoms with Gasteiger partial charge in [0.05, 0.1) is 18.1 Å². The summed E-state index contributed by atoms with van der Waals surface area (Å²) in [7, 11) is 1.40. The number of aryl methyl sites for hydroxylation is 1. The van der Waals surface area contributed by atoms with E-state index in [2.05, 4.69) is 5.32 Å². The second-order valence-corrected chi connectivity index (χ2v) is 5.74. The molecule has 0 spiro atoms. The van der Waals surface area contributed by atoms with Gasteiger partial charge in [-0.3, -0.25) is 14.9 Å². The van der Waals surface area contributed by atoms with E-state index in [4.69, 9.17) is 21.1 Å². The van der Waals surface area contributed by atoms with Crippen molar-refractivity contribution < 1.29 is 19.2 Å². The van der Waals surface area contributed by atoms with Gasteiger partial charge in [-0.05, 0) is 49.7 Å². The van der Waals surface area contributed by atoms with Gasteiger partial charge in [-0.2, -0.15) is 0 Å². The van der Waals surface area contributed by atoms with Crippen LogP contribution < -0.4 is 14.8 Å². The van der Waals surface area contributed by atoms with Gasteiger partial charge < -0.3 is 14.8 Å². The summed E-state index contributed by atoms with van der Waals surface area (Å²) in [5, 5.41) is 14.2. The number of nitro benzene ring substituents is 1. The third-order valence-corrected chi connectivity index (χ3v) is 3.70. The molecule has 132 valence electrons. The van der Waals surface area contributed by atoms with Crippen molar-refractivity contribution in [2.24, 2.45) is 0 Å². The van der Waals surface area contributed by atoms with E-state index in [1.165, 1.54) is 25.3 Å². The van der Waals surface area contributed by atoms with Crippen LogP contribution in [-0.4, -0.2) is 24.0 Å². The standard InChI is InChI=1S/C17H17ClN2O5/c1-10-8-12(18)4-7-16(10)25-11(2)17(21)19-14-6-5-13(24-3)9-15(14)20(22)23/h4-9,11H,1-3H3,(H,19,21). The molecule has 1 unspecified atom stereocenters. The number of anilines is 1. The van der Waals surface area contributed by atoms with Crippen molar-refractivity contribution in [3.05, 3.63) is 57.1 Å². The zero-order chi connectivity index (χ0) is 18.6. The maximum atomic E-state index is 12.3. The highest BCUT2D eigenvalue weighted by atomic mass is 35.5. The Bertz CT molecular complexity index is 810. The van der Waals surface area contributed by atoms with Crippen molar-refractivity contribution in [3.8, 4) is 11.5 Å². The van der Waals surface area contributed by atoms with Gasteiger partial charge in [0.15, 0.2) is 6.10 Å². The smallest absolute Gasteiger partial charge is 0.296 e. The molecule has 2 rings (SSSR count). The van der Waals surface area contributed by atoms with Crippen molar-refractivity contribution in [3.63, 3.8) is 0 Å². The van der Waals surface area contributed by atoms with E-state index < -0.39 is 16.9 Å². The lowest BCUT2D eigenvalue weighted by Crippen LogP contribution is -2.30. The van der Waals surface area contributed by atoms with Crippen molar-refractivity contribution in [1.29, 1.82) is 0 Å². The summed E-state index contributed by atoms with van der Waals surface area (Å²) < 4.78 is 10.6. The first-order valence-electron chi connectivity index (χ1n) is 7.38. The molecule has 1 atom stereocenters. The fourth-order valence-corrected chi connectivity index (χ4v) is 2.35. The predicted molar refractivity (Wildman–Crippen MR) is 94.6 cm³/mol. The maximum absolute atomic E-state index is 12.3. The fourth-order valence-electron chi connectivity index (χ4n) is 2.12. The lowest BCUT2D eigenvalue weighted by Gasteiger charge is -2.16. The average Bonchev–Trinajstić information content (AvgIpc) is 2.57. The second kappa shape index (κ2) is 7.85. The molecule has 0 aliphatic carbocycles. The number of hydrogen-bond donors (Lipinski definition) is 1. The summed E-state index contributed by atoms with van der Waals surface area (Å²) in [6.45, 7) is 3.36. The van der Waals surface area contributed by atoms with Gasteiger partial charge in [-0.15, -0.1) is 0 Å². The second-order valence-electron chi connectivity index (χ2n) is 5.30. The van der Waals surface area contributed by atoms with Crippen LogP contribution in [0, 0.1) is 17.0 Å². The molecule has 25 heavy (non-hydrogen) atoms. The van der Waals surface area contributed by atoms with Gasteiger partial charge in [0.25, 0.3) is 11.6 Å². The zero-order valence-electron chi connectivity index (χ0n) is 13.9. The Morgan fingerprint density at radius 1 is 1.28 bits per heavy atom. The number of carbonyl (C=O) groups excluding carboxylic acids is 1. The number of methoxy groups -OCH3 is 1. The molecule has 2 aromatic rings. The molecule has 0 radical (unpaired) electrons. The van der Waals surface area contributed by atoms with Gasteiger partial charge in [-0.1, -0.05) is 11.6 Å². The first kappa shape index (κ1) is 18.5. The largest absolute Gasteiger partial charge is 0.496 e. The van der Waals surface area contributed by atoms with E-state index in [1.54, 1.807) is 32.0 Å². The summed E-state index contributed by atoms with van der Waals surface area (Å²) in [5.74, 6) is 0.324. The van der Waals surface area contributed by atoms with Crippen LogP contribution in [0.25, 0.3) is 0 Å². The van der Waals surface area contributed by atoms with E-state index in [9.17, 15) is 14.9 Å². The number of nitrogens with one attached hydrogen (secondary N) is 1. The highest BCUT2D eigenvalue weighted by molar-refractivity contribution is 6.30. The van der Waals surface area contributed by atoms with E-state index in [0.717, 1.165) is 5.56 Å². The number of hydrogen-bond acceptors (Lipinski definition) is 5. The summed E-state index contributed by atoms with van der Waals surface area (Å²) in [5.41, 5.74) is 0.587. The van der Waals surface area contributed by atoms with Crippen LogP contribution in [0.3, 0.4) is 0 Å². The molecular weight excluding hydrogens is 348 g/mol. The average molecular weight is 365 g/mol. The van der Waals surface area contributed by atoms with Crippen molar-refractivity contribution in [1.82, 2.24) is 0 Å². The van der Waals surface area contributed by atoms with Crippen LogP contribution >= 0.6 is 11.6 Å². The third kappa shape index (κ3) is 4.60. The number of nitrogens with zero attached hydrogens (tertiary/aromatic N) is 1. The Balaban J connectivity index is 2.14. The van der Waals surface area contributed by atoms with E-state index in [0.29, 0.717) is 16.5 Å². The normalized spacial score (nSPS) is 11.5. The van der Waals surface area contributed by atoms with Crippen molar-refractivity contribution >= 4 is 28.9 Å². The molecule has 0 aliphatic rings. The number of carbonyl (C=O) groups is 1. The monoisotopic (exact) mass is 364 g/mol. The van der Waals surface area contributed by atoms with E-state index in [-0.39, 0.29) is 11.4 Å². The first-order chi connectivity index (χ1) is 11.8. The van der Waals surface area contributed by atoms with Gasteiger partial charge in [0.1, 0.15) is 17.2 Å². The summed E-state index contributed by atoms with van der Waals surface area (Å²) >= 11 is 5.89. The molecule has 0 saturated heterocycles. The minimum absolute atomic E-state index is 0.0686. The van der Waals surface area contributed by atoms with Gasteiger partial charge in [-0.25, -0.2) is 0 Å². The van der Waals surface area contributed by atoms with Crippen molar-refractivity contribution in [2.75, 3.05) is 12.4 Å².